The van der Waals surface area contributed by atoms with Crippen LogP contribution >= 0.6 is 0 Å². The number of aromatic amines is 1. The third-order valence-electron chi connectivity index (χ3n) is 4.27. The van der Waals surface area contributed by atoms with E-state index in [0.717, 1.165) is 30.9 Å². The van der Waals surface area contributed by atoms with Gasteiger partial charge in [0, 0.05) is 24.8 Å². The number of nitrogens with zero attached hydrogens (tertiary/aromatic N) is 4. The topological polar surface area (TPSA) is 80.1 Å². The lowest BCUT2D eigenvalue weighted by atomic mass is 9.95. The third kappa shape index (κ3) is 3.97. The van der Waals surface area contributed by atoms with Crippen LogP contribution in [-0.2, 0) is 11.3 Å². The van der Waals surface area contributed by atoms with Gasteiger partial charge in [-0.3, -0.25) is 10.00 Å². The van der Waals surface area contributed by atoms with Crippen LogP contribution in [0, 0.1) is 6.92 Å². The van der Waals surface area contributed by atoms with Crippen molar-refractivity contribution in [3.8, 4) is 0 Å². The van der Waals surface area contributed by atoms with Gasteiger partial charge in [-0.15, -0.1) is 0 Å². The van der Waals surface area contributed by atoms with E-state index in [1.165, 1.54) is 6.42 Å². The van der Waals surface area contributed by atoms with Gasteiger partial charge in [-0.1, -0.05) is 5.16 Å². The fraction of sp³-hybridized carbons (Fsp3) is 0.688. The summed E-state index contributed by atoms with van der Waals surface area (Å²) >= 11 is 0. The number of hydrogen-bond donors (Lipinski definition) is 1. The van der Waals surface area contributed by atoms with Crippen LogP contribution < -0.4 is 0 Å². The highest BCUT2D eigenvalue weighted by Gasteiger charge is 2.25. The van der Waals surface area contributed by atoms with Crippen molar-refractivity contribution < 1.29 is 9.26 Å². The van der Waals surface area contributed by atoms with Crippen molar-refractivity contribution in [2.75, 3.05) is 19.7 Å². The van der Waals surface area contributed by atoms with Crippen LogP contribution in [0.25, 0.3) is 0 Å². The second kappa shape index (κ2) is 7.23. The van der Waals surface area contributed by atoms with Gasteiger partial charge < -0.3 is 9.26 Å². The van der Waals surface area contributed by atoms with Crippen LogP contribution in [0.2, 0.25) is 0 Å². The summed E-state index contributed by atoms with van der Waals surface area (Å²) in [7, 11) is 0. The maximum Gasteiger partial charge on any atom is 0.240 e. The van der Waals surface area contributed by atoms with E-state index in [1.54, 1.807) is 0 Å². The summed E-state index contributed by atoms with van der Waals surface area (Å²) in [5.74, 6) is 1.75. The molecule has 23 heavy (non-hydrogen) atoms. The summed E-state index contributed by atoms with van der Waals surface area (Å²) in [5.41, 5.74) is 2.27. The molecule has 1 fully saturated rings. The van der Waals surface area contributed by atoms with E-state index >= 15 is 0 Å². The second-order valence-electron chi connectivity index (χ2n) is 6.19. The summed E-state index contributed by atoms with van der Waals surface area (Å²) < 4.78 is 10.9. The molecule has 7 nitrogen and oxygen atoms in total. The Kier molecular flexibility index (Phi) is 5.07. The number of likely N-dealkylation sites (tertiary alicyclic amines) is 1. The van der Waals surface area contributed by atoms with E-state index in [1.807, 2.05) is 20.8 Å². The first-order valence-electron chi connectivity index (χ1n) is 8.34. The van der Waals surface area contributed by atoms with Crippen molar-refractivity contribution in [2.24, 2.45) is 0 Å². The Labute approximate surface area is 136 Å². The Morgan fingerprint density at radius 2 is 2.39 bits per heavy atom. The molecule has 0 aromatic carbocycles. The molecule has 0 aliphatic carbocycles. The minimum atomic E-state index is -0.126. The molecule has 1 aliphatic heterocycles. The molecule has 3 heterocycles. The Morgan fingerprint density at radius 1 is 1.52 bits per heavy atom. The zero-order valence-electron chi connectivity index (χ0n) is 14.1. The SMILES string of the molecule is CCOC(C)c1noc(CN2CCCC(c3cc(C)[nH]n3)C2)n1. The smallest absolute Gasteiger partial charge is 0.240 e. The van der Waals surface area contributed by atoms with E-state index in [4.69, 9.17) is 9.26 Å². The van der Waals surface area contributed by atoms with E-state index in [0.29, 0.717) is 30.8 Å². The highest BCUT2D eigenvalue weighted by atomic mass is 16.5. The number of H-pyrrole nitrogens is 1. The summed E-state index contributed by atoms with van der Waals surface area (Å²) in [6.07, 6.45) is 2.21. The number of aromatic nitrogens is 4. The lowest BCUT2D eigenvalue weighted by Crippen LogP contribution is -2.34. The van der Waals surface area contributed by atoms with Gasteiger partial charge >= 0.3 is 0 Å². The van der Waals surface area contributed by atoms with Crippen LogP contribution in [0.5, 0.6) is 0 Å². The fourth-order valence-corrected chi connectivity index (χ4v) is 3.10. The Morgan fingerprint density at radius 3 is 3.13 bits per heavy atom. The summed E-state index contributed by atoms with van der Waals surface area (Å²) in [6, 6.07) is 2.14. The highest BCUT2D eigenvalue weighted by molar-refractivity contribution is 5.13. The average molecular weight is 319 g/mol. The predicted molar refractivity (Wildman–Crippen MR) is 84.9 cm³/mol. The predicted octanol–water partition coefficient (Wildman–Crippen LogP) is 2.58. The maximum absolute atomic E-state index is 5.50. The molecule has 0 spiro atoms. The molecule has 0 radical (unpaired) electrons. The number of rotatable bonds is 6. The quantitative estimate of drug-likeness (QED) is 0.881. The lowest BCUT2D eigenvalue weighted by molar-refractivity contribution is 0.0683. The maximum atomic E-state index is 5.50. The Bertz CT molecular complexity index is 624. The molecule has 2 unspecified atom stereocenters. The van der Waals surface area contributed by atoms with Gasteiger partial charge in [0.1, 0.15) is 6.10 Å². The van der Waals surface area contributed by atoms with Gasteiger partial charge in [0.15, 0.2) is 5.82 Å². The van der Waals surface area contributed by atoms with E-state index < -0.39 is 0 Å². The number of piperidine rings is 1. The zero-order valence-corrected chi connectivity index (χ0v) is 14.1. The largest absolute Gasteiger partial charge is 0.371 e. The molecule has 1 saturated heterocycles. The van der Waals surface area contributed by atoms with E-state index in [-0.39, 0.29) is 6.10 Å². The van der Waals surface area contributed by atoms with Crippen molar-refractivity contribution in [1.82, 2.24) is 25.2 Å². The molecule has 0 saturated carbocycles. The van der Waals surface area contributed by atoms with Crippen molar-refractivity contribution in [1.29, 1.82) is 0 Å². The standard InChI is InChI=1S/C16H25N5O2/c1-4-22-12(3)16-17-15(23-20-16)10-21-7-5-6-13(9-21)14-8-11(2)18-19-14/h8,12-13H,4-7,9-10H2,1-3H3,(H,18,19). The van der Waals surface area contributed by atoms with Gasteiger partial charge in [0.05, 0.1) is 12.2 Å². The first-order chi connectivity index (χ1) is 11.2. The molecule has 2 aromatic rings. The molecule has 0 bridgehead atoms. The first-order valence-corrected chi connectivity index (χ1v) is 8.34. The van der Waals surface area contributed by atoms with Gasteiger partial charge in [0.2, 0.25) is 5.89 Å². The van der Waals surface area contributed by atoms with Gasteiger partial charge in [-0.25, -0.2) is 0 Å². The van der Waals surface area contributed by atoms with Crippen molar-refractivity contribution in [2.45, 2.75) is 52.2 Å². The third-order valence-corrected chi connectivity index (χ3v) is 4.27. The van der Waals surface area contributed by atoms with Crippen molar-refractivity contribution in [3.05, 3.63) is 29.2 Å². The lowest BCUT2D eigenvalue weighted by Gasteiger charge is -2.30. The molecule has 3 rings (SSSR count). The number of hydrogen-bond acceptors (Lipinski definition) is 6. The number of aryl methyl sites for hydroxylation is 1. The fourth-order valence-electron chi connectivity index (χ4n) is 3.10. The van der Waals surface area contributed by atoms with Crippen LogP contribution in [0.4, 0.5) is 0 Å². The molecule has 7 heteroatoms. The van der Waals surface area contributed by atoms with Crippen LogP contribution in [0.1, 0.15) is 61.8 Å². The molecule has 2 atom stereocenters. The normalized spacial score (nSPS) is 20.7. The minimum Gasteiger partial charge on any atom is -0.371 e. The van der Waals surface area contributed by atoms with Gasteiger partial charge in [-0.2, -0.15) is 10.1 Å². The molecular weight excluding hydrogens is 294 g/mol. The Hall–Kier alpha value is -1.73. The van der Waals surface area contributed by atoms with Gasteiger partial charge in [0.25, 0.3) is 0 Å². The van der Waals surface area contributed by atoms with Crippen LogP contribution in [0.15, 0.2) is 10.6 Å². The van der Waals surface area contributed by atoms with Crippen molar-refractivity contribution >= 4 is 0 Å². The molecule has 2 aromatic heterocycles. The first kappa shape index (κ1) is 16.1. The van der Waals surface area contributed by atoms with Crippen LogP contribution in [0.3, 0.4) is 0 Å². The summed E-state index contributed by atoms with van der Waals surface area (Å²) in [5, 5.41) is 11.5. The highest BCUT2D eigenvalue weighted by Crippen LogP contribution is 2.26. The number of nitrogens with one attached hydrogen (secondary N) is 1. The second-order valence-corrected chi connectivity index (χ2v) is 6.19. The monoisotopic (exact) mass is 319 g/mol. The summed E-state index contributed by atoms with van der Waals surface area (Å²) in [6.45, 7) is 9.29. The van der Waals surface area contributed by atoms with Crippen LogP contribution in [-0.4, -0.2) is 44.9 Å². The van der Waals surface area contributed by atoms with E-state index in [9.17, 15) is 0 Å². The molecule has 1 N–H and O–H groups in total. The minimum absolute atomic E-state index is 0.126. The molecule has 1 aliphatic rings. The molecule has 126 valence electrons. The van der Waals surface area contributed by atoms with E-state index in [2.05, 4.69) is 31.3 Å². The van der Waals surface area contributed by atoms with Crippen molar-refractivity contribution in [3.63, 3.8) is 0 Å². The average Bonchev–Trinajstić information content (AvgIpc) is 3.17. The molecule has 0 amide bonds. The summed E-state index contributed by atoms with van der Waals surface area (Å²) in [4.78, 5) is 6.82. The zero-order chi connectivity index (χ0) is 16.2. The molecular formula is C16H25N5O2. The number of ether oxygens (including phenoxy) is 1. The Balaban J connectivity index is 1.59. The van der Waals surface area contributed by atoms with Gasteiger partial charge in [-0.05, 0) is 46.2 Å².